The lowest BCUT2D eigenvalue weighted by Crippen LogP contribution is -2.38. The number of amides is 2. The summed E-state index contributed by atoms with van der Waals surface area (Å²) in [5, 5.41) is 2.83. The monoisotopic (exact) mass is 404 g/mol. The fraction of sp³-hybridized carbons (Fsp3) is 0.600. The van der Waals surface area contributed by atoms with Gasteiger partial charge >= 0.3 is 0 Å². The number of methoxy groups -OCH3 is 1. The van der Waals surface area contributed by atoms with Crippen LogP contribution >= 0.6 is 11.8 Å². The van der Waals surface area contributed by atoms with Crippen molar-refractivity contribution in [1.82, 2.24) is 15.2 Å². The van der Waals surface area contributed by atoms with Crippen LogP contribution in [0.4, 0.5) is 5.69 Å². The van der Waals surface area contributed by atoms with Crippen LogP contribution in [0.2, 0.25) is 0 Å². The Kier molecular flexibility index (Phi) is 6.27. The maximum absolute atomic E-state index is 13.1. The summed E-state index contributed by atoms with van der Waals surface area (Å²) >= 11 is 1.37. The lowest BCUT2D eigenvalue weighted by Gasteiger charge is -2.25. The summed E-state index contributed by atoms with van der Waals surface area (Å²) in [5.74, 6) is 0.938. The quantitative estimate of drug-likeness (QED) is 0.720. The number of nitrogens with zero attached hydrogens (tertiary/aromatic N) is 3. The molecule has 28 heavy (non-hydrogen) atoms. The third kappa shape index (κ3) is 4.84. The average molecular weight is 405 g/mol. The number of ether oxygens (including phenoxy) is 1. The van der Waals surface area contributed by atoms with E-state index in [1.807, 2.05) is 6.07 Å². The molecular formula is C20H28N4O3S. The van der Waals surface area contributed by atoms with Gasteiger partial charge in [0.15, 0.2) is 5.17 Å². The predicted octanol–water partition coefficient (Wildman–Crippen LogP) is 2.98. The molecule has 8 heteroatoms. The maximum Gasteiger partial charge on any atom is 0.242 e. The van der Waals surface area contributed by atoms with E-state index in [1.165, 1.54) is 11.8 Å². The molecule has 2 aliphatic rings. The predicted molar refractivity (Wildman–Crippen MR) is 111 cm³/mol. The lowest BCUT2D eigenvalue weighted by atomic mass is 9.93. The number of thioether (sulfide) groups is 1. The van der Waals surface area contributed by atoms with E-state index in [1.54, 1.807) is 31.3 Å². The third-order valence-electron chi connectivity index (χ3n) is 5.12. The molecular weight excluding hydrogens is 376 g/mol. The first-order chi connectivity index (χ1) is 13.4. The first kappa shape index (κ1) is 20.6. The Morgan fingerprint density at radius 1 is 1.46 bits per heavy atom. The molecule has 1 aromatic rings. The van der Waals surface area contributed by atoms with Gasteiger partial charge in [0.25, 0.3) is 0 Å². The third-order valence-corrected chi connectivity index (χ3v) is 6.29. The lowest BCUT2D eigenvalue weighted by molar-refractivity contribution is -0.129. The van der Waals surface area contributed by atoms with Gasteiger partial charge in [-0.1, -0.05) is 25.6 Å². The summed E-state index contributed by atoms with van der Waals surface area (Å²) in [6, 6.07) is 3.56. The number of amidine groups is 1. The molecule has 2 heterocycles. The highest BCUT2D eigenvalue weighted by Gasteiger charge is 2.49. The van der Waals surface area contributed by atoms with Gasteiger partial charge < -0.3 is 10.1 Å². The molecule has 0 spiro atoms. The number of carbonyl (C=O) groups is 2. The molecule has 1 N–H and O–H groups in total. The Labute approximate surface area is 170 Å². The van der Waals surface area contributed by atoms with Crippen molar-refractivity contribution in [3.63, 3.8) is 0 Å². The van der Waals surface area contributed by atoms with E-state index in [0.29, 0.717) is 29.2 Å². The van der Waals surface area contributed by atoms with Crippen LogP contribution in [0, 0.1) is 11.3 Å². The van der Waals surface area contributed by atoms with E-state index in [9.17, 15) is 9.59 Å². The van der Waals surface area contributed by atoms with E-state index in [4.69, 9.17) is 4.74 Å². The molecule has 152 valence electrons. The minimum atomic E-state index is -0.431. The van der Waals surface area contributed by atoms with Crippen LogP contribution in [-0.4, -0.2) is 52.8 Å². The number of aliphatic imine (C=N–C) groups is 1. The molecule has 1 aliphatic heterocycles. The molecule has 0 bridgehead atoms. The second kappa shape index (κ2) is 8.51. The summed E-state index contributed by atoms with van der Waals surface area (Å²) in [4.78, 5) is 35.5. The molecule has 1 saturated heterocycles. The van der Waals surface area contributed by atoms with Crippen molar-refractivity contribution in [3.05, 3.63) is 18.3 Å². The number of hydrogen-bond donors (Lipinski definition) is 1. The Hall–Kier alpha value is -2.09. The number of pyridine rings is 1. The SMILES string of the molecule is CNC(=O)CC1SC(=Nc2ccc(OC)nc2)N(CC2(CC(C)C)CC2)C1=O. The topological polar surface area (TPSA) is 83.9 Å². The van der Waals surface area contributed by atoms with Crippen molar-refractivity contribution in [2.45, 2.75) is 44.8 Å². The van der Waals surface area contributed by atoms with E-state index in [2.05, 4.69) is 29.1 Å². The Morgan fingerprint density at radius 3 is 2.75 bits per heavy atom. The van der Waals surface area contributed by atoms with Crippen molar-refractivity contribution in [2.24, 2.45) is 16.3 Å². The number of nitrogens with one attached hydrogen (secondary N) is 1. The molecule has 1 aromatic heterocycles. The largest absolute Gasteiger partial charge is 0.481 e. The summed E-state index contributed by atoms with van der Waals surface area (Å²) in [6.07, 6.45) is 5.16. The first-order valence-corrected chi connectivity index (χ1v) is 10.5. The molecule has 1 aliphatic carbocycles. The van der Waals surface area contributed by atoms with Crippen LogP contribution in [0.25, 0.3) is 0 Å². The zero-order valence-corrected chi connectivity index (χ0v) is 17.7. The van der Waals surface area contributed by atoms with E-state index in [0.717, 1.165) is 19.3 Å². The van der Waals surface area contributed by atoms with Crippen molar-refractivity contribution in [2.75, 3.05) is 20.7 Å². The zero-order chi connectivity index (χ0) is 20.3. The molecule has 0 aromatic carbocycles. The standard InChI is InChI=1S/C20H28N4O3S/c1-13(2)10-20(7-8-20)12-24-18(26)15(9-16(25)21-3)28-19(24)23-14-5-6-17(27-4)22-11-14/h5-6,11,13,15H,7-10,12H2,1-4H3,(H,21,25). The summed E-state index contributed by atoms with van der Waals surface area (Å²) in [7, 11) is 3.15. The highest BCUT2D eigenvalue weighted by Crippen LogP contribution is 2.52. The molecule has 2 fully saturated rings. The Bertz CT molecular complexity index is 759. The van der Waals surface area contributed by atoms with Crippen LogP contribution in [-0.2, 0) is 9.59 Å². The van der Waals surface area contributed by atoms with Gasteiger partial charge in [0.1, 0.15) is 5.25 Å². The maximum atomic E-state index is 13.1. The first-order valence-electron chi connectivity index (χ1n) is 9.63. The van der Waals surface area contributed by atoms with Gasteiger partial charge in [0.05, 0.1) is 19.0 Å². The molecule has 2 amide bonds. The van der Waals surface area contributed by atoms with Gasteiger partial charge in [-0.3, -0.25) is 14.5 Å². The Morgan fingerprint density at radius 2 is 2.21 bits per heavy atom. The second-order valence-corrected chi connectivity index (χ2v) is 9.13. The number of rotatable bonds is 8. The summed E-state index contributed by atoms with van der Waals surface area (Å²) in [6.45, 7) is 5.10. The van der Waals surface area contributed by atoms with Crippen molar-refractivity contribution in [1.29, 1.82) is 0 Å². The van der Waals surface area contributed by atoms with E-state index >= 15 is 0 Å². The van der Waals surface area contributed by atoms with Crippen LogP contribution < -0.4 is 10.1 Å². The van der Waals surface area contributed by atoms with Crippen molar-refractivity contribution >= 4 is 34.4 Å². The normalized spacial score (nSPS) is 22.0. The van der Waals surface area contributed by atoms with Crippen molar-refractivity contribution in [3.8, 4) is 5.88 Å². The van der Waals surface area contributed by atoms with Gasteiger partial charge in [0, 0.05) is 26.1 Å². The zero-order valence-electron chi connectivity index (χ0n) is 16.9. The molecule has 1 atom stereocenters. The summed E-state index contributed by atoms with van der Waals surface area (Å²) in [5.41, 5.74) is 0.848. The van der Waals surface area contributed by atoms with Gasteiger partial charge in [-0.25, -0.2) is 9.98 Å². The summed E-state index contributed by atoms with van der Waals surface area (Å²) < 4.78 is 5.09. The van der Waals surface area contributed by atoms with Crippen LogP contribution in [0.1, 0.15) is 39.5 Å². The van der Waals surface area contributed by atoms with Gasteiger partial charge in [-0.2, -0.15) is 0 Å². The van der Waals surface area contributed by atoms with Gasteiger partial charge in [-0.15, -0.1) is 0 Å². The second-order valence-electron chi connectivity index (χ2n) is 7.96. The minimum absolute atomic E-state index is 0.0242. The smallest absolute Gasteiger partial charge is 0.242 e. The van der Waals surface area contributed by atoms with Crippen LogP contribution in [0.15, 0.2) is 23.3 Å². The van der Waals surface area contributed by atoms with E-state index < -0.39 is 5.25 Å². The van der Waals surface area contributed by atoms with Gasteiger partial charge in [0.2, 0.25) is 17.7 Å². The minimum Gasteiger partial charge on any atom is -0.481 e. The van der Waals surface area contributed by atoms with Gasteiger partial charge in [-0.05, 0) is 36.7 Å². The van der Waals surface area contributed by atoms with Crippen molar-refractivity contribution < 1.29 is 14.3 Å². The fourth-order valence-corrected chi connectivity index (χ4v) is 4.77. The molecule has 7 nitrogen and oxygen atoms in total. The number of carbonyl (C=O) groups excluding carboxylic acids is 2. The molecule has 1 saturated carbocycles. The molecule has 0 radical (unpaired) electrons. The molecule has 3 rings (SSSR count). The number of hydrogen-bond acceptors (Lipinski definition) is 6. The highest BCUT2D eigenvalue weighted by molar-refractivity contribution is 8.15. The fourth-order valence-electron chi connectivity index (χ4n) is 3.62. The van der Waals surface area contributed by atoms with Crippen LogP contribution in [0.3, 0.4) is 0 Å². The van der Waals surface area contributed by atoms with E-state index in [-0.39, 0.29) is 23.7 Å². The van der Waals surface area contributed by atoms with Crippen LogP contribution in [0.5, 0.6) is 5.88 Å². The number of aromatic nitrogens is 1. The average Bonchev–Trinajstić information content (AvgIpc) is 3.37. The highest BCUT2D eigenvalue weighted by atomic mass is 32.2. The molecule has 1 unspecified atom stereocenters. The Balaban J connectivity index is 1.84.